The van der Waals surface area contributed by atoms with Gasteiger partial charge in [-0.05, 0) is 0 Å². The van der Waals surface area contributed by atoms with Crippen molar-refractivity contribution >= 4 is 17.1 Å². The second-order valence-corrected chi connectivity index (χ2v) is 2.60. The summed E-state index contributed by atoms with van der Waals surface area (Å²) >= 11 is 0. The molecule has 0 aromatic heterocycles. The zero-order chi connectivity index (χ0) is 12.5. The summed E-state index contributed by atoms with van der Waals surface area (Å²) in [4.78, 5) is 27.8. The smallest absolute Gasteiger partial charge is 1.00 e. The molecule has 0 aliphatic heterocycles. The van der Waals surface area contributed by atoms with Crippen molar-refractivity contribution in [3.05, 3.63) is 42.5 Å². The molecule has 0 atom stereocenters. The number of benzene rings is 1. The van der Waals surface area contributed by atoms with E-state index in [1.807, 2.05) is 0 Å². The van der Waals surface area contributed by atoms with Crippen LogP contribution in [0.2, 0.25) is 0 Å². The number of rotatable bonds is 3. The monoisotopic (exact) mass is 237 g/mol. The molecule has 11 heteroatoms. The maximum atomic E-state index is 10.4. The Balaban J connectivity index is 0. The molecule has 1 rings (SSSR count). The molecule has 0 unspecified atom stereocenters. The zero-order valence-electron chi connectivity index (χ0n) is 9.39. The first-order valence-corrected chi connectivity index (χ1v) is 3.64. The van der Waals surface area contributed by atoms with Crippen LogP contribution in [0.25, 0.3) is 0 Å². The summed E-state index contributed by atoms with van der Waals surface area (Å²) in [5, 5.41) is 40.2. The van der Waals surface area contributed by atoms with Crippen molar-refractivity contribution in [2.45, 2.75) is 0 Å². The summed E-state index contributed by atoms with van der Waals surface area (Å²) in [6.45, 7) is 0. The third-order valence-corrected chi connectivity index (χ3v) is 1.66. The van der Waals surface area contributed by atoms with Gasteiger partial charge in [-0.25, -0.2) is 0 Å². The van der Waals surface area contributed by atoms with Crippen molar-refractivity contribution in [3.63, 3.8) is 0 Å². The Morgan fingerprint density at radius 1 is 0.941 bits per heavy atom. The minimum Gasteiger partial charge on any atom is -1.00 e. The van der Waals surface area contributed by atoms with Crippen LogP contribution in [0.1, 0.15) is 1.43 Å². The van der Waals surface area contributed by atoms with E-state index in [-0.39, 0.29) is 20.3 Å². The zero-order valence-corrected chi connectivity index (χ0v) is 8.39. The number of aromatic hydroxyl groups is 1. The molecule has 0 spiro atoms. The van der Waals surface area contributed by atoms with E-state index in [0.717, 1.165) is 0 Å². The van der Waals surface area contributed by atoms with Crippen molar-refractivity contribution in [2.24, 2.45) is 0 Å². The minimum atomic E-state index is -1.21. The molecular weight excluding hydrogens is 233 g/mol. The fourth-order valence-corrected chi connectivity index (χ4v) is 0.974. The molecule has 17 heavy (non-hydrogen) atoms. The SMILES string of the molecule is O=[N+]([O-])c1cc([N+](=O)[O-])c(O)c([N+](=O)[O-])c1.[H-].[Li+]. The predicted octanol–water partition coefficient (Wildman–Crippen LogP) is -1.77. The number of nitrogens with zero attached hydrogens (tertiary/aromatic N) is 3. The first kappa shape index (κ1) is 14.8. The average molecular weight is 237 g/mol. The first-order valence-electron chi connectivity index (χ1n) is 3.64. The van der Waals surface area contributed by atoms with Crippen molar-refractivity contribution in [2.75, 3.05) is 0 Å². The van der Waals surface area contributed by atoms with Crippen molar-refractivity contribution in [1.29, 1.82) is 0 Å². The van der Waals surface area contributed by atoms with E-state index < -0.39 is 37.6 Å². The largest absolute Gasteiger partial charge is 1.00 e. The van der Waals surface area contributed by atoms with E-state index >= 15 is 0 Å². The molecule has 86 valence electrons. The minimum absolute atomic E-state index is 0. The molecule has 0 saturated carbocycles. The molecule has 0 heterocycles. The topological polar surface area (TPSA) is 150 Å². The van der Waals surface area contributed by atoms with Gasteiger partial charge in [-0.3, -0.25) is 30.3 Å². The Hall–Kier alpha value is -2.18. The van der Waals surface area contributed by atoms with Gasteiger partial charge in [-0.15, -0.1) is 0 Å². The van der Waals surface area contributed by atoms with Gasteiger partial charge in [-0.1, -0.05) is 0 Å². The molecule has 0 radical (unpaired) electrons. The molecule has 0 fully saturated rings. The fourth-order valence-electron chi connectivity index (χ4n) is 0.974. The maximum absolute atomic E-state index is 10.4. The molecule has 0 saturated heterocycles. The number of phenols is 1. The first-order chi connectivity index (χ1) is 7.34. The van der Waals surface area contributed by atoms with Gasteiger partial charge in [0, 0.05) is 0 Å². The third-order valence-electron chi connectivity index (χ3n) is 1.66. The van der Waals surface area contributed by atoms with E-state index in [2.05, 4.69) is 0 Å². The van der Waals surface area contributed by atoms with Crippen LogP contribution in [0.15, 0.2) is 12.1 Å². The molecule has 1 aromatic rings. The summed E-state index contributed by atoms with van der Waals surface area (Å²) < 4.78 is 0. The van der Waals surface area contributed by atoms with Gasteiger partial charge in [0.15, 0.2) is 0 Å². The summed E-state index contributed by atoms with van der Waals surface area (Å²) in [5.74, 6) is -1.21. The normalized spacial score (nSPS) is 9.18. The van der Waals surface area contributed by atoms with Crippen molar-refractivity contribution in [1.82, 2.24) is 0 Å². The Bertz CT molecular complexity index is 473. The molecule has 1 aromatic carbocycles. The van der Waals surface area contributed by atoms with Crippen LogP contribution in [0.3, 0.4) is 0 Å². The van der Waals surface area contributed by atoms with Gasteiger partial charge in [0.25, 0.3) is 11.4 Å². The number of nitro groups is 3. The summed E-state index contributed by atoms with van der Waals surface area (Å²) in [6, 6.07) is 0.894. The second kappa shape index (κ2) is 5.24. The summed E-state index contributed by atoms with van der Waals surface area (Å²) in [6.07, 6.45) is 0. The number of hydrogen-bond donors (Lipinski definition) is 1. The number of phenolic OH excluding ortho intramolecular Hbond substituents is 1. The van der Waals surface area contributed by atoms with Gasteiger partial charge in [0.05, 0.1) is 26.9 Å². The molecule has 1 N–H and O–H groups in total. The Labute approximate surface area is 106 Å². The van der Waals surface area contributed by atoms with Gasteiger partial charge in [0.2, 0.25) is 0 Å². The molecule has 0 aliphatic carbocycles. The van der Waals surface area contributed by atoms with Gasteiger partial charge >= 0.3 is 30.2 Å². The van der Waals surface area contributed by atoms with Crippen LogP contribution in [-0.2, 0) is 0 Å². The maximum Gasteiger partial charge on any atom is 1.00 e. The Morgan fingerprint density at radius 3 is 1.53 bits per heavy atom. The van der Waals surface area contributed by atoms with Crippen molar-refractivity contribution < 1.29 is 40.2 Å². The number of nitro benzene ring substituents is 3. The van der Waals surface area contributed by atoms with E-state index in [1.165, 1.54) is 0 Å². The van der Waals surface area contributed by atoms with Gasteiger partial charge in [0.1, 0.15) is 0 Å². The average Bonchev–Trinajstić information content (AvgIpc) is 2.16. The van der Waals surface area contributed by atoms with E-state index in [0.29, 0.717) is 12.1 Å². The standard InChI is InChI=1S/C6H3N3O7.Li.H/c10-6-4(8(13)14)1-3(7(11)12)2-5(6)9(15)16;;/h1-2,10H;;/q;+1;-1. The molecule has 0 bridgehead atoms. The van der Waals surface area contributed by atoms with Crippen molar-refractivity contribution in [3.8, 4) is 5.75 Å². The van der Waals surface area contributed by atoms with Gasteiger partial charge < -0.3 is 6.53 Å². The van der Waals surface area contributed by atoms with E-state index in [4.69, 9.17) is 5.11 Å². The molecule has 10 nitrogen and oxygen atoms in total. The van der Waals surface area contributed by atoms with Crippen LogP contribution >= 0.6 is 0 Å². The molecule has 0 aliphatic rings. The summed E-state index contributed by atoms with van der Waals surface area (Å²) in [7, 11) is 0. The fraction of sp³-hybridized carbons (Fsp3) is 0. The van der Waals surface area contributed by atoms with E-state index in [9.17, 15) is 30.3 Å². The van der Waals surface area contributed by atoms with Crippen LogP contribution < -0.4 is 18.9 Å². The van der Waals surface area contributed by atoms with Crippen LogP contribution in [0.4, 0.5) is 17.1 Å². The predicted molar refractivity (Wildman–Crippen MR) is 49.2 cm³/mol. The van der Waals surface area contributed by atoms with Crippen LogP contribution in [0, 0.1) is 30.3 Å². The Kier molecular flexibility index (Phi) is 4.57. The number of non-ortho nitro benzene ring substituents is 1. The van der Waals surface area contributed by atoms with Gasteiger partial charge in [-0.2, -0.15) is 0 Å². The van der Waals surface area contributed by atoms with Crippen LogP contribution in [0.5, 0.6) is 5.75 Å². The number of hydrogen-bond acceptors (Lipinski definition) is 7. The molecular formula is C6H4LiN3O7. The summed E-state index contributed by atoms with van der Waals surface area (Å²) in [5.41, 5.74) is -3.00. The third kappa shape index (κ3) is 2.89. The van der Waals surface area contributed by atoms with Crippen LogP contribution in [-0.4, -0.2) is 19.9 Å². The quantitative estimate of drug-likeness (QED) is 0.371. The Morgan fingerprint density at radius 2 is 1.29 bits per heavy atom. The molecule has 0 amide bonds. The second-order valence-electron chi connectivity index (χ2n) is 2.60. The van der Waals surface area contributed by atoms with E-state index in [1.54, 1.807) is 0 Å².